The van der Waals surface area contributed by atoms with Crippen LogP contribution in [-0.2, 0) is 0 Å². The van der Waals surface area contributed by atoms with Crippen molar-refractivity contribution < 1.29 is 13.2 Å². The number of aromatic nitrogens is 1. The van der Waals surface area contributed by atoms with Crippen LogP contribution in [0.25, 0.3) is 10.9 Å². The van der Waals surface area contributed by atoms with Crippen LogP contribution in [0.3, 0.4) is 0 Å². The van der Waals surface area contributed by atoms with E-state index in [1.807, 2.05) is 6.07 Å². The van der Waals surface area contributed by atoms with Crippen molar-refractivity contribution in [1.29, 1.82) is 0 Å². The predicted molar refractivity (Wildman–Crippen MR) is 73.1 cm³/mol. The third-order valence-electron chi connectivity index (χ3n) is 3.69. The first kappa shape index (κ1) is 13.5. The van der Waals surface area contributed by atoms with Crippen molar-refractivity contribution in [2.24, 2.45) is 5.92 Å². The van der Waals surface area contributed by atoms with E-state index in [1.165, 1.54) is 0 Å². The van der Waals surface area contributed by atoms with E-state index in [-0.39, 0.29) is 13.0 Å². The van der Waals surface area contributed by atoms with Gasteiger partial charge in [-0.1, -0.05) is 11.6 Å². The fourth-order valence-electron chi connectivity index (χ4n) is 2.65. The summed E-state index contributed by atoms with van der Waals surface area (Å²) < 4.78 is 38.3. The number of hydrogen-bond donors (Lipinski definition) is 0. The zero-order valence-corrected chi connectivity index (χ0v) is 11.2. The van der Waals surface area contributed by atoms with E-state index in [2.05, 4.69) is 4.98 Å². The lowest BCUT2D eigenvalue weighted by Crippen LogP contribution is -2.27. The van der Waals surface area contributed by atoms with E-state index >= 15 is 0 Å². The summed E-state index contributed by atoms with van der Waals surface area (Å²) >= 11 is 6.08. The minimum Gasteiger partial charge on any atom is -0.370 e. The van der Waals surface area contributed by atoms with Crippen molar-refractivity contribution in [2.45, 2.75) is 12.6 Å². The molecule has 0 bridgehead atoms. The molecule has 1 aliphatic rings. The molecule has 0 saturated carbocycles. The minimum atomic E-state index is -4.13. The summed E-state index contributed by atoms with van der Waals surface area (Å²) in [6.45, 7) is 0.394. The van der Waals surface area contributed by atoms with Gasteiger partial charge in [0.05, 0.1) is 16.5 Å². The number of benzene rings is 1. The topological polar surface area (TPSA) is 16.1 Å². The highest BCUT2D eigenvalue weighted by Crippen LogP contribution is 2.38. The molecule has 1 aliphatic heterocycles. The molecule has 0 aliphatic carbocycles. The molecule has 0 radical (unpaired) electrons. The lowest BCUT2D eigenvalue weighted by atomic mass is 10.1. The van der Waals surface area contributed by atoms with Gasteiger partial charge in [0.1, 0.15) is 0 Å². The first-order valence-corrected chi connectivity index (χ1v) is 6.69. The molecule has 0 spiro atoms. The first-order valence-electron chi connectivity index (χ1n) is 6.31. The molecule has 1 fully saturated rings. The Kier molecular flexibility index (Phi) is 3.24. The van der Waals surface area contributed by atoms with Gasteiger partial charge in [-0.05, 0) is 30.7 Å². The molecule has 2 aromatic rings. The molecule has 1 aromatic heterocycles. The molecule has 6 heteroatoms. The predicted octanol–water partition coefficient (Wildman–Crippen LogP) is 4.28. The second kappa shape index (κ2) is 4.81. The molecule has 0 N–H and O–H groups in total. The molecule has 1 atom stereocenters. The number of alkyl halides is 3. The second-order valence-electron chi connectivity index (χ2n) is 4.94. The van der Waals surface area contributed by atoms with E-state index in [1.54, 1.807) is 29.3 Å². The summed E-state index contributed by atoms with van der Waals surface area (Å²) in [6, 6.07) is 7.06. The normalized spacial score (nSPS) is 19.8. The summed E-state index contributed by atoms with van der Waals surface area (Å²) in [4.78, 5) is 5.96. The van der Waals surface area contributed by atoms with Crippen LogP contribution in [-0.4, -0.2) is 24.2 Å². The van der Waals surface area contributed by atoms with Gasteiger partial charge < -0.3 is 4.90 Å². The highest BCUT2D eigenvalue weighted by atomic mass is 35.5. The van der Waals surface area contributed by atoms with Gasteiger partial charge in [-0.25, -0.2) is 0 Å². The monoisotopic (exact) mass is 300 g/mol. The first-order chi connectivity index (χ1) is 9.47. The van der Waals surface area contributed by atoms with Gasteiger partial charge in [0.25, 0.3) is 0 Å². The highest BCUT2D eigenvalue weighted by Gasteiger charge is 2.43. The van der Waals surface area contributed by atoms with Crippen molar-refractivity contribution in [3.63, 3.8) is 0 Å². The second-order valence-corrected chi connectivity index (χ2v) is 5.35. The van der Waals surface area contributed by atoms with E-state index in [9.17, 15) is 13.2 Å². The maximum Gasteiger partial charge on any atom is 0.393 e. The standard InChI is InChI=1S/C14H12ClF3N2/c15-11-3-4-12(10-2-1-6-19-13(10)11)20-7-5-9(8-20)14(16,17)18/h1-4,6,9H,5,7-8H2. The highest BCUT2D eigenvalue weighted by molar-refractivity contribution is 6.35. The molecule has 3 rings (SSSR count). The quantitative estimate of drug-likeness (QED) is 0.781. The number of halogens is 4. The smallest absolute Gasteiger partial charge is 0.370 e. The van der Waals surface area contributed by atoms with E-state index in [4.69, 9.17) is 11.6 Å². The Labute approximate surface area is 119 Å². The zero-order valence-electron chi connectivity index (χ0n) is 10.5. The lowest BCUT2D eigenvalue weighted by molar-refractivity contribution is -0.168. The van der Waals surface area contributed by atoms with Gasteiger partial charge in [-0.15, -0.1) is 0 Å². The molecule has 2 nitrogen and oxygen atoms in total. The summed E-state index contributed by atoms with van der Waals surface area (Å²) in [6.07, 6.45) is -2.37. The Morgan fingerprint density at radius 2 is 2.05 bits per heavy atom. The van der Waals surface area contributed by atoms with Crippen LogP contribution in [0.15, 0.2) is 30.5 Å². The Bertz CT molecular complexity index is 642. The van der Waals surface area contributed by atoms with E-state index in [0.717, 1.165) is 11.1 Å². The summed E-state index contributed by atoms with van der Waals surface area (Å²) in [5.41, 5.74) is 1.39. The average Bonchev–Trinajstić information content (AvgIpc) is 2.89. The van der Waals surface area contributed by atoms with Crippen molar-refractivity contribution in [3.8, 4) is 0 Å². The van der Waals surface area contributed by atoms with Crippen molar-refractivity contribution in [3.05, 3.63) is 35.5 Å². The van der Waals surface area contributed by atoms with Gasteiger partial charge >= 0.3 is 6.18 Å². The summed E-state index contributed by atoms with van der Waals surface area (Å²) in [5, 5.41) is 1.30. The molecule has 0 amide bonds. The fraction of sp³-hybridized carbons (Fsp3) is 0.357. The molecule has 1 unspecified atom stereocenters. The van der Waals surface area contributed by atoms with Crippen LogP contribution in [0.2, 0.25) is 5.02 Å². The molecule has 2 heterocycles. The van der Waals surface area contributed by atoms with Gasteiger partial charge in [0, 0.05) is 30.4 Å². The summed E-state index contributed by atoms with van der Waals surface area (Å²) in [7, 11) is 0. The van der Waals surface area contributed by atoms with Gasteiger partial charge in [0.2, 0.25) is 0 Å². The van der Waals surface area contributed by atoms with Gasteiger partial charge in [-0.2, -0.15) is 13.2 Å². The minimum absolute atomic E-state index is 0.00483. The lowest BCUT2D eigenvalue weighted by Gasteiger charge is -2.21. The van der Waals surface area contributed by atoms with Crippen LogP contribution in [0.5, 0.6) is 0 Å². The van der Waals surface area contributed by atoms with Crippen molar-refractivity contribution in [2.75, 3.05) is 18.0 Å². The Hall–Kier alpha value is -1.49. The molecule has 1 aromatic carbocycles. The molecule has 1 saturated heterocycles. The molecular formula is C14H12ClF3N2. The maximum absolute atomic E-state index is 12.8. The van der Waals surface area contributed by atoms with Crippen LogP contribution in [0.1, 0.15) is 6.42 Å². The third-order valence-corrected chi connectivity index (χ3v) is 3.99. The summed E-state index contributed by atoms with van der Waals surface area (Å²) in [5.74, 6) is -1.26. The SMILES string of the molecule is FC(F)(F)C1CCN(c2ccc(Cl)c3ncccc23)C1. The molecular weight excluding hydrogens is 289 g/mol. The average molecular weight is 301 g/mol. The van der Waals surface area contributed by atoms with Gasteiger partial charge in [-0.3, -0.25) is 4.98 Å². The maximum atomic E-state index is 12.8. The van der Waals surface area contributed by atoms with Crippen molar-refractivity contribution in [1.82, 2.24) is 4.98 Å². The Balaban J connectivity index is 1.98. The number of fused-ring (bicyclic) bond motifs is 1. The largest absolute Gasteiger partial charge is 0.393 e. The third kappa shape index (κ3) is 2.30. The van der Waals surface area contributed by atoms with Crippen LogP contribution in [0, 0.1) is 5.92 Å². The number of anilines is 1. The molecule has 20 heavy (non-hydrogen) atoms. The Morgan fingerprint density at radius 3 is 2.75 bits per heavy atom. The number of rotatable bonds is 1. The van der Waals surface area contributed by atoms with Crippen LogP contribution >= 0.6 is 11.6 Å². The molecule has 106 valence electrons. The van der Waals surface area contributed by atoms with Crippen LogP contribution in [0.4, 0.5) is 18.9 Å². The fourth-order valence-corrected chi connectivity index (χ4v) is 2.86. The van der Waals surface area contributed by atoms with Crippen molar-refractivity contribution >= 4 is 28.2 Å². The number of pyridine rings is 1. The van der Waals surface area contributed by atoms with Crippen LogP contribution < -0.4 is 4.90 Å². The van der Waals surface area contributed by atoms with Gasteiger partial charge in [0.15, 0.2) is 0 Å². The Morgan fingerprint density at radius 1 is 1.25 bits per heavy atom. The number of nitrogens with zero attached hydrogens (tertiary/aromatic N) is 2. The zero-order chi connectivity index (χ0) is 14.3. The van der Waals surface area contributed by atoms with E-state index in [0.29, 0.717) is 17.1 Å². The van der Waals surface area contributed by atoms with E-state index < -0.39 is 12.1 Å². The number of hydrogen-bond acceptors (Lipinski definition) is 2.